The summed E-state index contributed by atoms with van der Waals surface area (Å²) in [5, 5.41) is 0. The molecule has 2 amide bonds. The number of rotatable bonds is 7. The highest BCUT2D eigenvalue weighted by Gasteiger charge is 2.31. The predicted octanol–water partition coefficient (Wildman–Crippen LogP) is 1.63. The average molecular weight is 318 g/mol. The van der Waals surface area contributed by atoms with Gasteiger partial charge in [0.05, 0.1) is 6.10 Å². The molecule has 1 aliphatic heterocycles. The van der Waals surface area contributed by atoms with Crippen molar-refractivity contribution in [2.24, 2.45) is 0 Å². The molecule has 1 heterocycles. The predicted molar refractivity (Wildman–Crippen MR) is 89.1 cm³/mol. The quantitative estimate of drug-likeness (QED) is 0.768. The lowest BCUT2D eigenvalue weighted by atomic mass is 10.1. The molecule has 5 heteroatoms. The summed E-state index contributed by atoms with van der Waals surface area (Å²) in [5.74, 6) is 0.128. The van der Waals surface area contributed by atoms with E-state index in [0.29, 0.717) is 19.5 Å². The lowest BCUT2D eigenvalue weighted by Gasteiger charge is -2.39. The standard InChI is InChI=1S/C18H26N2O3/c1-14-7-9-15(10-8-14)5-4-6-17(21)20-11-16(12-20)23-13-18(22)19(2)3/h7-10,16H,4-6,11-13H2,1-3H3. The first-order valence-electron chi connectivity index (χ1n) is 8.11. The molecule has 1 saturated heterocycles. The van der Waals surface area contributed by atoms with Gasteiger partial charge in [-0.3, -0.25) is 9.59 Å². The topological polar surface area (TPSA) is 49.9 Å². The maximum atomic E-state index is 12.1. The van der Waals surface area contributed by atoms with Gasteiger partial charge in [-0.2, -0.15) is 0 Å². The van der Waals surface area contributed by atoms with Crippen molar-refractivity contribution in [2.45, 2.75) is 32.3 Å². The van der Waals surface area contributed by atoms with Crippen LogP contribution in [0.2, 0.25) is 0 Å². The van der Waals surface area contributed by atoms with Gasteiger partial charge < -0.3 is 14.5 Å². The Balaban J connectivity index is 1.59. The van der Waals surface area contributed by atoms with Gasteiger partial charge in [-0.15, -0.1) is 0 Å². The monoisotopic (exact) mass is 318 g/mol. The fourth-order valence-corrected chi connectivity index (χ4v) is 2.42. The minimum atomic E-state index is -0.0483. The number of carbonyl (C=O) groups excluding carboxylic acids is 2. The van der Waals surface area contributed by atoms with E-state index in [-0.39, 0.29) is 24.5 Å². The summed E-state index contributed by atoms with van der Waals surface area (Å²) < 4.78 is 5.48. The highest BCUT2D eigenvalue weighted by atomic mass is 16.5. The summed E-state index contributed by atoms with van der Waals surface area (Å²) in [7, 11) is 3.41. The number of hydrogen-bond acceptors (Lipinski definition) is 3. The Kier molecular flexibility index (Phi) is 6.16. The normalized spacial score (nSPS) is 14.5. The summed E-state index contributed by atoms with van der Waals surface area (Å²) in [6, 6.07) is 8.44. The zero-order valence-corrected chi connectivity index (χ0v) is 14.2. The van der Waals surface area contributed by atoms with E-state index in [0.717, 1.165) is 12.8 Å². The Bertz CT molecular complexity index is 534. The molecule has 1 aromatic rings. The van der Waals surface area contributed by atoms with E-state index in [4.69, 9.17) is 4.74 Å². The van der Waals surface area contributed by atoms with E-state index >= 15 is 0 Å². The van der Waals surface area contributed by atoms with Crippen LogP contribution in [0.3, 0.4) is 0 Å². The van der Waals surface area contributed by atoms with Crippen molar-refractivity contribution in [2.75, 3.05) is 33.8 Å². The van der Waals surface area contributed by atoms with Crippen molar-refractivity contribution < 1.29 is 14.3 Å². The van der Waals surface area contributed by atoms with Crippen LogP contribution in [0.4, 0.5) is 0 Å². The van der Waals surface area contributed by atoms with E-state index in [1.54, 1.807) is 19.0 Å². The summed E-state index contributed by atoms with van der Waals surface area (Å²) in [5.41, 5.74) is 2.53. The largest absolute Gasteiger partial charge is 0.365 e. The molecule has 1 fully saturated rings. The molecule has 0 bridgehead atoms. The van der Waals surface area contributed by atoms with Crippen molar-refractivity contribution in [1.29, 1.82) is 0 Å². The van der Waals surface area contributed by atoms with Crippen molar-refractivity contribution >= 4 is 11.8 Å². The van der Waals surface area contributed by atoms with Gasteiger partial charge in [-0.1, -0.05) is 29.8 Å². The van der Waals surface area contributed by atoms with Crippen LogP contribution in [0.15, 0.2) is 24.3 Å². The minimum absolute atomic E-state index is 0.0000476. The van der Waals surface area contributed by atoms with Crippen LogP contribution in [0, 0.1) is 6.92 Å². The number of nitrogens with zero attached hydrogens (tertiary/aromatic N) is 2. The number of ether oxygens (including phenoxy) is 1. The van der Waals surface area contributed by atoms with Crippen molar-refractivity contribution in [3.8, 4) is 0 Å². The number of carbonyl (C=O) groups is 2. The summed E-state index contributed by atoms with van der Waals surface area (Å²) in [6.45, 7) is 3.36. The van der Waals surface area contributed by atoms with Crippen molar-refractivity contribution in [1.82, 2.24) is 9.80 Å². The molecule has 126 valence electrons. The second-order valence-electron chi connectivity index (χ2n) is 6.36. The van der Waals surface area contributed by atoms with E-state index in [2.05, 4.69) is 31.2 Å². The fourth-order valence-electron chi connectivity index (χ4n) is 2.42. The van der Waals surface area contributed by atoms with Crippen LogP contribution >= 0.6 is 0 Å². The summed E-state index contributed by atoms with van der Waals surface area (Å²) in [6.07, 6.45) is 2.36. The third-order valence-electron chi connectivity index (χ3n) is 4.12. The molecule has 1 aromatic carbocycles. The number of benzene rings is 1. The maximum absolute atomic E-state index is 12.1. The molecule has 0 atom stereocenters. The number of aryl methyl sites for hydroxylation is 2. The van der Waals surface area contributed by atoms with Gasteiger partial charge in [-0.05, 0) is 25.3 Å². The zero-order chi connectivity index (χ0) is 16.8. The Morgan fingerprint density at radius 1 is 1.22 bits per heavy atom. The second kappa shape index (κ2) is 8.11. The lowest BCUT2D eigenvalue weighted by molar-refractivity contribution is -0.150. The number of likely N-dealkylation sites (tertiary alicyclic amines) is 1. The third kappa shape index (κ3) is 5.36. The Morgan fingerprint density at radius 3 is 2.48 bits per heavy atom. The van der Waals surface area contributed by atoms with Gasteiger partial charge in [-0.25, -0.2) is 0 Å². The zero-order valence-electron chi connectivity index (χ0n) is 14.2. The molecular formula is C18H26N2O3. The molecule has 2 rings (SSSR count). The minimum Gasteiger partial charge on any atom is -0.365 e. The van der Waals surface area contributed by atoms with Gasteiger partial charge >= 0.3 is 0 Å². The maximum Gasteiger partial charge on any atom is 0.248 e. The molecular weight excluding hydrogens is 292 g/mol. The Labute approximate surface area is 138 Å². The van der Waals surface area contributed by atoms with Gasteiger partial charge in [0.1, 0.15) is 6.61 Å². The molecule has 0 saturated carbocycles. The fraction of sp³-hybridized carbons (Fsp3) is 0.556. The van der Waals surface area contributed by atoms with E-state index < -0.39 is 0 Å². The van der Waals surface area contributed by atoms with Crippen LogP contribution < -0.4 is 0 Å². The Hall–Kier alpha value is -1.88. The van der Waals surface area contributed by atoms with Crippen LogP contribution in [0.5, 0.6) is 0 Å². The molecule has 0 aliphatic carbocycles. The second-order valence-corrected chi connectivity index (χ2v) is 6.36. The first-order valence-corrected chi connectivity index (χ1v) is 8.11. The molecule has 0 radical (unpaired) electrons. The van der Waals surface area contributed by atoms with Crippen molar-refractivity contribution in [3.05, 3.63) is 35.4 Å². The van der Waals surface area contributed by atoms with E-state index in [1.807, 2.05) is 0 Å². The summed E-state index contributed by atoms with van der Waals surface area (Å²) in [4.78, 5) is 26.8. The first kappa shape index (κ1) is 17.5. The summed E-state index contributed by atoms with van der Waals surface area (Å²) >= 11 is 0. The first-order chi connectivity index (χ1) is 11.0. The average Bonchev–Trinajstić information content (AvgIpc) is 2.47. The molecule has 0 N–H and O–H groups in total. The van der Waals surface area contributed by atoms with Crippen molar-refractivity contribution in [3.63, 3.8) is 0 Å². The third-order valence-corrected chi connectivity index (χ3v) is 4.12. The van der Waals surface area contributed by atoms with Gasteiger partial charge in [0.2, 0.25) is 11.8 Å². The molecule has 5 nitrogen and oxygen atoms in total. The number of likely N-dealkylation sites (N-methyl/N-ethyl adjacent to an activating group) is 1. The van der Waals surface area contributed by atoms with Gasteiger partial charge in [0.25, 0.3) is 0 Å². The van der Waals surface area contributed by atoms with Crippen LogP contribution in [0.1, 0.15) is 24.0 Å². The number of hydrogen-bond donors (Lipinski definition) is 0. The Morgan fingerprint density at radius 2 is 1.87 bits per heavy atom. The molecule has 0 unspecified atom stereocenters. The van der Waals surface area contributed by atoms with E-state index in [9.17, 15) is 9.59 Å². The molecule has 0 aromatic heterocycles. The molecule has 1 aliphatic rings. The highest BCUT2D eigenvalue weighted by molar-refractivity contribution is 5.77. The van der Waals surface area contributed by atoms with Crippen LogP contribution in [-0.4, -0.2) is 61.5 Å². The van der Waals surface area contributed by atoms with Crippen LogP contribution in [0.25, 0.3) is 0 Å². The molecule has 23 heavy (non-hydrogen) atoms. The van der Waals surface area contributed by atoms with E-state index in [1.165, 1.54) is 16.0 Å². The highest BCUT2D eigenvalue weighted by Crippen LogP contribution is 2.15. The van der Waals surface area contributed by atoms with Gasteiger partial charge in [0, 0.05) is 33.6 Å². The SMILES string of the molecule is Cc1ccc(CCCC(=O)N2CC(OCC(=O)N(C)C)C2)cc1. The van der Waals surface area contributed by atoms with Gasteiger partial charge in [0.15, 0.2) is 0 Å². The smallest absolute Gasteiger partial charge is 0.248 e. The lowest BCUT2D eigenvalue weighted by Crippen LogP contribution is -2.55. The van der Waals surface area contributed by atoms with Crippen LogP contribution in [-0.2, 0) is 20.7 Å². The number of amides is 2. The molecule has 0 spiro atoms.